The lowest BCUT2D eigenvalue weighted by Crippen LogP contribution is -2.55. The van der Waals surface area contributed by atoms with Gasteiger partial charge in [0.15, 0.2) is 0 Å². The highest BCUT2D eigenvalue weighted by Crippen LogP contribution is 2.44. The Kier molecular flexibility index (Phi) is 1.74. The van der Waals surface area contributed by atoms with Crippen molar-refractivity contribution in [1.82, 2.24) is 4.90 Å². The van der Waals surface area contributed by atoms with Crippen molar-refractivity contribution in [1.29, 1.82) is 0 Å². The Labute approximate surface area is 72.7 Å². The lowest BCUT2D eigenvalue weighted by atomic mass is 9.63. The van der Waals surface area contributed by atoms with Gasteiger partial charge in [-0.05, 0) is 24.2 Å². The van der Waals surface area contributed by atoms with Gasteiger partial charge in [0.25, 0.3) is 0 Å². The van der Waals surface area contributed by atoms with Gasteiger partial charge >= 0.3 is 6.09 Å². The Hall–Kier alpha value is -0.730. The molecule has 12 heavy (non-hydrogen) atoms. The molecule has 3 aliphatic rings. The van der Waals surface area contributed by atoms with Crippen LogP contribution in [0.1, 0.15) is 13.3 Å². The van der Waals surface area contributed by atoms with Gasteiger partial charge in [-0.2, -0.15) is 0 Å². The molecule has 2 bridgehead atoms. The van der Waals surface area contributed by atoms with Crippen molar-refractivity contribution in [3.8, 4) is 0 Å². The van der Waals surface area contributed by atoms with Crippen LogP contribution in [0.25, 0.3) is 0 Å². The van der Waals surface area contributed by atoms with Crippen molar-refractivity contribution in [2.75, 3.05) is 20.2 Å². The average Bonchev–Trinajstić information content (AvgIpc) is 2.16. The molecule has 0 radical (unpaired) electrons. The van der Waals surface area contributed by atoms with Gasteiger partial charge in [-0.15, -0.1) is 0 Å². The zero-order valence-electron chi connectivity index (χ0n) is 7.62. The Morgan fingerprint density at radius 3 is 2.42 bits per heavy atom. The summed E-state index contributed by atoms with van der Waals surface area (Å²) in [6.45, 7) is 4.10. The van der Waals surface area contributed by atoms with Crippen LogP contribution >= 0.6 is 0 Å². The number of rotatable bonds is 0. The molecule has 1 saturated carbocycles. The highest BCUT2D eigenvalue weighted by atomic mass is 16.5. The van der Waals surface area contributed by atoms with Gasteiger partial charge in [0.1, 0.15) is 0 Å². The number of hydrogen-bond donors (Lipinski definition) is 0. The lowest BCUT2D eigenvalue weighted by molar-refractivity contribution is -0.0272. The minimum atomic E-state index is -0.156. The SMILES string of the molecule is COC(=O)N1CC2CC(C1)C2C. The molecule has 1 aliphatic carbocycles. The maximum atomic E-state index is 11.1. The number of ether oxygens (including phenoxy) is 1. The Morgan fingerprint density at radius 2 is 2.00 bits per heavy atom. The van der Waals surface area contributed by atoms with E-state index in [-0.39, 0.29) is 6.09 Å². The minimum absolute atomic E-state index is 0.156. The molecule has 0 aromatic heterocycles. The molecular formula is C9H15NO2. The van der Waals surface area contributed by atoms with Gasteiger partial charge < -0.3 is 9.64 Å². The molecule has 2 aliphatic heterocycles. The van der Waals surface area contributed by atoms with Crippen LogP contribution in [0.3, 0.4) is 0 Å². The number of carbonyl (C=O) groups is 1. The normalized spacial score (nSPS) is 38.8. The van der Waals surface area contributed by atoms with E-state index in [9.17, 15) is 4.79 Å². The largest absolute Gasteiger partial charge is 0.453 e. The first kappa shape index (κ1) is 7.90. The van der Waals surface area contributed by atoms with Gasteiger partial charge in [0.2, 0.25) is 0 Å². The zero-order chi connectivity index (χ0) is 8.72. The van der Waals surface area contributed by atoms with Gasteiger partial charge in [-0.3, -0.25) is 0 Å². The standard InChI is InChI=1S/C9H15NO2/c1-6-7-3-8(6)5-10(4-7)9(11)12-2/h6-8H,3-5H2,1-2H3. The molecule has 2 saturated heterocycles. The Balaban J connectivity index is 1.94. The molecule has 3 fully saturated rings. The van der Waals surface area contributed by atoms with Crippen LogP contribution in [0, 0.1) is 17.8 Å². The van der Waals surface area contributed by atoms with Crippen molar-refractivity contribution < 1.29 is 9.53 Å². The molecule has 2 atom stereocenters. The van der Waals surface area contributed by atoms with Crippen LogP contribution in [-0.4, -0.2) is 31.2 Å². The monoisotopic (exact) mass is 169 g/mol. The van der Waals surface area contributed by atoms with E-state index in [4.69, 9.17) is 0 Å². The Bertz CT molecular complexity index is 193. The van der Waals surface area contributed by atoms with E-state index in [0.29, 0.717) is 0 Å². The third kappa shape index (κ3) is 0.993. The van der Waals surface area contributed by atoms with Crippen LogP contribution < -0.4 is 0 Å². The van der Waals surface area contributed by atoms with Gasteiger partial charge in [0.05, 0.1) is 7.11 Å². The number of carbonyl (C=O) groups excluding carboxylic acids is 1. The summed E-state index contributed by atoms with van der Waals surface area (Å²) in [4.78, 5) is 13.0. The molecule has 3 nitrogen and oxygen atoms in total. The highest BCUT2D eigenvalue weighted by Gasteiger charge is 2.45. The molecule has 0 N–H and O–H groups in total. The molecule has 0 aromatic carbocycles. The number of methoxy groups -OCH3 is 1. The van der Waals surface area contributed by atoms with Crippen LogP contribution in [0.5, 0.6) is 0 Å². The van der Waals surface area contributed by atoms with E-state index in [2.05, 4.69) is 11.7 Å². The van der Waals surface area contributed by atoms with Crippen LogP contribution in [0.4, 0.5) is 4.79 Å². The van der Waals surface area contributed by atoms with E-state index in [1.807, 2.05) is 4.90 Å². The highest BCUT2D eigenvalue weighted by molar-refractivity contribution is 5.67. The average molecular weight is 169 g/mol. The number of amides is 1. The Morgan fingerprint density at radius 1 is 1.42 bits per heavy atom. The topological polar surface area (TPSA) is 29.5 Å². The second kappa shape index (κ2) is 2.64. The fraction of sp³-hybridized carbons (Fsp3) is 0.889. The van der Waals surface area contributed by atoms with Crippen molar-refractivity contribution in [2.24, 2.45) is 17.8 Å². The number of fused-ring (bicyclic) bond motifs is 2. The number of hydrogen-bond acceptors (Lipinski definition) is 2. The number of piperidine rings is 2. The first-order valence-electron chi connectivity index (χ1n) is 4.55. The van der Waals surface area contributed by atoms with E-state index in [1.165, 1.54) is 13.5 Å². The van der Waals surface area contributed by atoms with Gasteiger partial charge in [-0.25, -0.2) is 4.79 Å². The van der Waals surface area contributed by atoms with E-state index in [0.717, 1.165) is 30.8 Å². The zero-order valence-corrected chi connectivity index (χ0v) is 7.62. The van der Waals surface area contributed by atoms with Crippen molar-refractivity contribution >= 4 is 6.09 Å². The maximum Gasteiger partial charge on any atom is 0.409 e. The fourth-order valence-corrected chi connectivity index (χ4v) is 2.41. The molecule has 2 unspecified atom stereocenters. The fourth-order valence-electron chi connectivity index (χ4n) is 2.41. The third-order valence-corrected chi connectivity index (χ3v) is 3.44. The molecule has 0 aromatic rings. The van der Waals surface area contributed by atoms with E-state index < -0.39 is 0 Å². The van der Waals surface area contributed by atoms with Crippen molar-refractivity contribution in [2.45, 2.75) is 13.3 Å². The molecule has 3 heteroatoms. The molecule has 68 valence electrons. The maximum absolute atomic E-state index is 11.1. The smallest absolute Gasteiger partial charge is 0.409 e. The third-order valence-electron chi connectivity index (χ3n) is 3.44. The second-order valence-corrected chi connectivity index (χ2v) is 3.99. The molecule has 0 spiro atoms. The number of nitrogens with zero attached hydrogens (tertiary/aromatic N) is 1. The predicted octanol–water partition coefficient (Wildman–Crippen LogP) is 1.34. The van der Waals surface area contributed by atoms with Crippen LogP contribution in [0.15, 0.2) is 0 Å². The lowest BCUT2D eigenvalue weighted by Gasteiger charge is -2.51. The van der Waals surface area contributed by atoms with Crippen molar-refractivity contribution in [3.05, 3.63) is 0 Å². The van der Waals surface area contributed by atoms with Gasteiger partial charge in [-0.1, -0.05) is 6.92 Å². The summed E-state index contributed by atoms with van der Waals surface area (Å²) in [5, 5.41) is 0. The summed E-state index contributed by atoms with van der Waals surface area (Å²) >= 11 is 0. The van der Waals surface area contributed by atoms with E-state index >= 15 is 0 Å². The minimum Gasteiger partial charge on any atom is -0.453 e. The summed E-state index contributed by atoms with van der Waals surface area (Å²) in [7, 11) is 1.45. The molecular weight excluding hydrogens is 154 g/mol. The second-order valence-electron chi connectivity index (χ2n) is 3.99. The van der Waals surface area contributed by atoms with Crippen LogP contribution in [-0.2, 0) is 4.74 Å². The van der Waals surface area contributed by atoms with Gasteiger partial charge in [0, 0.05) is 13.1 Å². The molecule has 3 rings (SSSR count). The first-order chi connectivity index (χ1) is 5.72. The quantitative estimate of drug-likeness (QED) is 0.547. The molecule has 1 amide bonds. The van der Waals surface area contributed by atoms with E-state index in [1.54, 1.807) is 0 Å². The van der Waals surface area contributed by atoms with Crippen molar-refractivity contribution in [3.63, 3.8) is 0 Å². The summed E-state index contributed by atoms with van der Waals surface area (Å²) < 4.78 is 4.68. The van der Waals surface area contributed by atoms with Crippen LogP contribution in [0.2, 0.25) is 0 Å². The molecule has 2 heterocycles. The summed E-state index contributed by atoms with van der Waals surface area (Å²) in [5.41, 5.74) is 0. The summed E-state index contributed by atoms with van der Waals surface area (Å²) in [6, 6.07) is 0. The summed E-state index contributed by atoms with van der Waals surface area (Å²) in [6.07, 6.45) is 1.16. The predicted molar refractivity (Wildman–Crippen MR) is 44.7 cm³/mol. The summed E-state index contributed by atoms with van der Waals surface area (Å²) in [5.74, 6) is 2.30. The first-order valence-corrected chi connectivity index (χ1v) is 4.55.